The molecule has 0 aliphatic heterocycles. The van der Waals surface area contributed by atoms with Gasteiger partial charge < -0.3 is 15.4 Å². The lowest BCUT2D eigenvalue weighted by molar-refractivity contribution is 0.412. The second-order valence-electron chi connectivity index (χ2n) is 4.62. The molecule has 1 aromatic carbocycles. The minimum atomic E-state index is 0.642. The van der Waals surface area contributed by atoms with Crippen LogP contribution in [0.25, 0.3) is 0 Å². The van der Waals surface area contributed by atoms with E-state index in [4.69, 9.17) is 4.74 Å². The van der Waals surface area contributed by atoms with Crippen LogP contribution in [0.2, 0.25) is 0 Å². The number of anilines is 3. The van der Waals surface area contributed by atoms with Gasteiger partial charge >= 0.3 is 0 Å². The van der Waals surface area contributed by atoms with Crippen LogP contribution in [-0.2, 0) is 0 Å². The lowest BCUT2D eigenvalue weighted by Crippen LogP contribution is -2.06. The summed E-state index contributed by atoms with van der Waals surface area (Å²) in [6.45, 7) is 4.91. The second kappa shape index (κ2) is 7.26. The van der Waals surface area contributed by atoms with Crippen LogP contribution >= 0.6 is 15.9 Å². The van der Waals surface area contributed by atoms with E-state index in [1.165, 1.54) is 0 Å². The number of hydrogen-bond donors (Lipinski definition) is 2. The lowest BCUT2D eigenvalue weighted by atomic mass is 10.3. The fraction of sp³-hybridized carbons (Fsp3) is 0.333. The number of aryl methyl sites for hydroxylation is 1. The van der Waals surface area contributed by atoms with Gasteiger partial charge in [0.15, 0.2) is 0 Å². The molecule has 0 saturated carbocycles. The third-order valence-electron chi connectivity index (χ3n) is 2.81. The number of benzene rings is 1. The molecule has 0 radical (unpaired) electrons. The van der Waals surface area contributed by atoms with Crippen LogP contribution in [-0.4, -0.2) is 23.6 Å². The maximum atomic E-state index is 5.29. The van der Waals surface area contributed by atoms with Gasteiger partial charge in [-0.25, -0.2) is 4.98 Å². The van der Waals surface area contributed by atoms with Gasteiger partial charge in [0.25, 0.3) is 0 Å². The Labute approximate surface area is 133 Å². The topological polar surface area (TPSA) is 59.1 Å². The maximum absolute atomic E-state index is 5.29. The molecule has 2 N–H and O–H groups in total. The van der Waals surface area contributed by atoms with E-state index in [1.807, 2.05) is 31.2 Å². The zero-order chi connectivity index (χ0) is 15.2. The highest BCUT2D eigenvalue weighted by atomic mass is 79.9. The van der Waals surface area contributed by atoms with E-state index >= 15 is 0 Å². The molecule has 0 spiro atoms. The summed E-state index contributed by atoms with van der Waals surface area (Å²) in [6.07, 6.45) is 1.03. The van der Waals surface area contributed by atoms with Crippen LogP contribution < -0.4 is 15.4 Å². The number of rotatable bonds is 6. The van der Waals surface area contributed by atoms with Crippen molar-refractivity contribution in [2.45, 2.75) is 20.3 Å². The predicted molar refractivity (Wildman–Crippen MR) is 89.5 cm³/mol. The Bertz CT molecular complexity index is 619. The molecule has 2 aromatic rings. The molecule has 21 heavy (non-hydrogen) atoms. The highest BCUT2D eigenvalue weighted by Gasteiger charge is 2.05. The smallest absolute Gasteiger partial charge is 0.224 e. The van der Waals surface area contributed by atoms with E-state index in [0.29, 0.717) is 5.95 Å². The molecule has 0 amide bonds. The normalized spacial score (nSPS) is 10.3. The van der Waals surface area contributed by atoms with Crippen molar-refractivity contribution in [2.24, 2.45) is 0 Å². The van der Waals surface area contributed by atoms with E-state index in [2.05, 4.69) is 43.5 Å². The highest BCUT2D eigenvalue weighted by molar-refractivity contribution is 9.10. The largest absolute Gasteiger partial charge is 0.495 e. The number of methoxy groups -OCH3 is 1. The average Bonchev–Trinajstić information content (AvgIpc) is 2.46. The first kappa shape index (κ1) is 15.6. The number of nitrogens with one attached hydrogen (secondary N) is 2. The minimum Gasteiger partial charge on any atom is -0.495 e. The summed E-state index contributed by atoms with van der Waals surface area (Å²) in [7, 11) is 1.64. The fourth-order valence-electron chi connectivity index (χ4n) is 1.83. The zero-order valence-corrected chi connectivity index (χ0v) is 14.0. The van der Waals surface area contributed by atoms with Gasteiger partial charge in [-0.2, -0.15) is 4.98 Å². The summed E-state index contributed by atoms with van der Waals surface area (Å²) < 4.78 is 6.21. The van der Waals surface area contributed by atoms with Crippen LogP contribution in [0, 0.1) is 6.92 Å². The van der Waals surface area contributed by atoms with Crippen molar-refractivity contribution in [3.63, 3.8) is 0 Å². The van der Waals surface area contributed by atoms with Crippen molar-refractivity contribution in [3.05, 3.63) is 34.4 Å². The summed E-state index contributed by atoms with van der Waals surface area (Å²) in [5.74, 6) is 2.17. The number of ether oxygens (including phenoxy) is 1. The van der Waals surface area contributed by atoms with Crippen LogP contribution in [0.3, 0.4) is 0 Å². The monoisotopic (exact) mass is 350 g/mol. The van der Waals surface area contributed by atoms with Gasteiger partial charge in [-0.3, -0.25) is 0 Å². The molecule has 1 heterocycles. The molecular formula is C15H19BrN4O. The summed E-state index contributed by atoms with van der Waals surface area (Å²) in [5, 5.41) is 6.47. The minimum absolute atomic E-state index is 0.642. The van der Waals surface area contributed by atoms with Crippen LogP contribution in [0.5, 0.6) is 5.75 Å². The van der Waals surface area contributed by atoms with Crippen LogP contribution in [0.1, 0.15) is 19.0 Å². The van der Waals surface area contributed by atoms with Crippen molar-refractivity contribution in [2.75, 3.05) is 24.3 Å². The third kappa shape index (κ3) is 4.32. The fourth-order valence-corrected chi connectivity index (χ4v) is 2.24. The molecule has 2 rings (SSSR count). The Morgan fingerprint density at radius 1 is 1.24 bits per heavy atom. The first-order valence-corrected chi connectivity index (χ1v) is 7.61. The maximum Gasteiger partial charge on any atom is 0.224 e. The zero-order valence-electron chi connectivity index (χ0n) is 12.4. The average molecular weight is 351 g/mol. The molecule has 5 nitrogen and oxygen atoms in total. The van der Waals surface area contributed by atoms with Crippen molar-refractivity contribution in [1.29, 1.82) is 0 Å². The van der Waals surface area contributed by atoms with Gasteiger partial charge in [-0.05, 0) is 41.4 Å². The van der Waals surface area contributed by atoms with Crippen LogP contribution in [0.4, 0.5) is 17.5 Å². The Hall–Kier alpha value is -1.82. The highest BCUT2D eigenvalue weighted by Crippen LogP contribution is 2.29. The Morgan fingerprint density at radius 2 is 2.05 bits per heavy atom. The molecule has 112 valence electrons. The van der Waals surface area contributed by atoms with Gasteiger partial charge in [-0.1, -0.05) is 6.92 Å². The summed E-state index contributed by atoms with van der Waals surface area (Å²) in [6, 6.07) is 7.72. The van der Waals surface area contributed by atoms with E-state index in [-0.39, 0.29) is 0 Å². The molecule has 0 unspecified atom stereocenters. The van der Waals surface area contributed by atoms with Gasteiger partial charge in [0.2, 0.25) is 5.95 Å². The van der Waals surface area contributed by atoms with E-state index in [9.17, 15) is 0 Å². The molecule has 0 aliphatic rings. The molecule has 0 atom stereocenters. The summed E-state index contributed by atoms with van der Waals surface area (Å²) in [4.78, 5) is 8.82. The predicted octanol–water partition coefficient (Wildman–Crippen LogP) is 4.12. The number of aromatic nitrogens is 2. The number of nitrogens with zero attached hydrogens (tertiary/aromatic N) is 2. The molecular weight excluding hydrogens is 332 g/mol. The van der Waals surface area contributed by atoms with Gasteiger partial charge in [0, 0.05) is 30.1 Å². The summed E-state index contributed by atoms with van der Waals surface area (Å²) >= 11 is 3.44. The van der Waals surface area contributed by atoms with Gasteiger partial charge in [-0.15, -0.1) is 0 Å². The molecule has 0 bridgehead atoms. The molecule has 1 aromatic heterocycles. The Kier molecular flexibility index (Phi) is 5.38. The first-order chi connectivity index (χ1) is 10.1. The quantitative estimate of drug-likeness (QED) is 0.820. The summed E-state index contributed by atoms with van der Waals surface area (Å²) in [5.41, 5.74) is 1.82. The molecule has 0 fully saturated rings. The van der Waals surface area contributed by atoms with Crippen molar-refractivity contribution in [1.82, 2.24) is 9.97 Å². The SMILES string of the molecule is CCCNc1nc(C)cc(Nc2ccc(Br)c(OC)c2)n1. The molecule has 0 saturated heterocycles. The van der Waals surface area contributed by atoms with Gasteiger partial charge in [0.05, 0.1) is 11.6 Å². The second-order valence-corrected chi connectivity index (χ2v) is 5.47. The van der Waals surface area contributed by atoms with Crippen molar-refractivity contribution < 1.29 is 4.74 Å². The molecule has 6 heteroatoms. The standard InChI is InChI=1S/C15H19BrN4O/c1-4-7-17-15-18-10(2)8-14(20-15)19-11-5-6-12(16)13(9-11)21-3/h5-6,8-9H,4,7H2,1-3H3,(H2,17,18,19,20). The van der Waals surface area contributed by atoms with Crippen molar-refractivity contribution in [3.8, 4) is 5.75 Å². The van der Waals surface area contributed by atoms with E-state index in [1.54, 1.807) is 7.11 Å². The Balaban J connectivity index is 2.20. The third-order valence-corrected chi connectivity index (χ3v) is 3.47. The van der Waals surface area contributed by atoms with Crippen LogP contribution in [0.15, 0.2) is 28.7 Å². The lowest BCUT2D eigenvalue weighted by Gasteiger charge is -2.11. The first-order valence-electron chi connectivity index (χ1n) is 6.82. The Morgan fingerprint density at radius 3 is 2.76 bits per heavy atom. The van der Waals surface area contributed by atoms with Gasteiger partial charge in [0.1, 0.15) is 11.6 Å². The number of hydrogen-bond acceptors (Lipinski definition) is 5. The van der Waals surface area contributed by atoms with E-state index in [0.717, 1.165) is 40.4 Å². The van der Waals surface area contributed by atoms with Crippen molar-refractivity contribution >= 4 is 33.4 Å². The van der Waals surface area contributed by atoms with E-state index < -0.39 is 0 Å². The molecule has 0 aliphatic carbocycles. The number of halogens is 1.